The average Bonchev–Trinajstić information content (AvgIpc) is 3.36. The van der Waals surface area contributed by atoms with Crippen molar-refractivity contribution in [2.24, 2.45) is 0 Å². The molecule has 32 heavy (non-hydrogen) atoms. The van der Waals surface area contributed by atoms with Gasteiger partial charge in [0.15, 0.2) is 15.0 Å². The average molecular weight is 470 g/mol. The Balaban J connectivity index is 1.62. The van der Waals surface area contributed by atoms with Gasteiger partial charge in [-0.05, 0) is 32.4 Å². The van der Waals surface area contributed by atoms with Crippen LogP contribution in [0.4, 0.5) is 0 Å². The van der Waals surface area contributed by atoms with E-state index in [-0.39, 0.29) is 23.5 Å². The summed E-state index contributed by atoms with van der Waals surface area (Å²) in [6.45, 7) is 3.90. The van der Waals surface area contributed by atoms with Crippen molar-refractivity contribution in [3.05, 3.63) is 66.4 Å². The second-order valence-corrected chi connectivity index (χ2v) is 11.8. The highest BCUT2D eigenvalue weighted by Gasteiger charge is 2.34. The highest BCUT2D eigenvalue weighted by molar-refractivity contribution is 8.00. The smallest absolute Gasteiger partial charge is 0.235 e. The van der Waals surface area contributed by atoms with Gasteiger partial charge in [-0.25, -0.2) is 13.4 Å². The number of hydrogen-bond acceptors (Lipinski definition) is 5. The molecular formula is C24H27N3O3S2. The maximum Gasteiger partial charge on any atom is 0.235 e. The van der Waals surface area contributed by atoms with E-state index in [2.05, 4.69) is 33.8 Å². The second kappa shape index (κ2) is 9.11. The van der Waals surface area contributed by atoms with Gasteiger partial charge in [0.1, 0.15) is 0 Å². The normalized spacial score (nSPS) is 18.4. The minimum Gasteiger partial charge on any atom is -0.341 e. The summed E-state index contributed by atoms with van der Waals surface area (Å²) in [5, 5.41) is 0.319. The number of carbonyl (C=O) groups is 1. The van der Waals surface area contributed by atoms with Gasteiger partial charge in [0, 0.05) is 24.3 Å². The predicted octanol–water partition coefficient (Wildman–Crippen LogP) is 3.97. The Morgan fingerprint density at radius 3 is 2.47 bits per heavy atom. The first-order chi connectivity index (χ1) is 15.2. The number of sulfone groups is 1. The molecule has 2 atom stereocenters. The summed E-state index contributed by atoms with van der Waals surface area (Å²) in [5.74, 6) is 0.106. The first-order valence-corrected chi connectivity index (χ1v) is 13.3. The number of aromatic nitrogens is 2. The molecule has 3 aromatic rings. The first-order valence-electron chi connectivity index (χ1n) is 10.6. The molecule has 1 saturated heterocycles. The summed E-state index contributed by atoms with van der Waals surface area (Å²) in [7, 11) is -1.35. The van der Waals surface area contributed by atoms with E-state index in [0.717, 1.165) is 22.1 Å². The topological polar surface area (TPSA) is 72.3 Å². The molecule has 1 fully saturated rings. The molecule has 0 bridgehead atoms. The van der Waals surface area contributed by atoms with Gasteiger partial charge in [-0.1, -0.05) is 59.8 Å². The Hall–Kier alpha value is -2.58. The van der Waals surface area contributed by atoms with E-state index in [0.29, 0.717) is 6.42 Å². The molecule has 6 nitrogen and oxygen atoms in total. The lowest BCUT2D eigenvalue weighted by Crippen LogP contribution is -2.41. The summed E-state index contributed by atoms with van der Waals surface area (Å²) in [5.41, 5.74) is 4.14. The molecule has 2 aromatic carbocycles. The third kappa shape index (κ3) is 4.76. The Labute approximate surface area is 193 Å². The van der Waals surface area contributed by atoms with Crippen molar-refractivity contribution in [3.63, 3.8) is 0 Å². The van der Waals surface area contributed by atoms with Gasteiger partial charge in [0.2, 0.25) is 5.91 Å². The number of aryl methyl sites for hydroxylation is 1. The molecule has 1 aliphatic rings. The number of benzene rings is 2. The zero-order chi connectivity index (χ0) is 22.9. The molecule has 0 radical (unpaired) electrons. The Bertz CT molecular complexity index is 1210. The Morgan fingerprint density at radius 2 is 1.84 bits per heavy atom. The van der Waals surface area contributed by atoms with Crippen LogP contribution in [0.25, 0.3) is 16.9 Å². The quantitative estimate of drug-likeness (QED) is 0.511. The van der Waals surface area contributed by atoms with Crippen LogP contribution in [0.5, 0.6) is 0 Å². The molecule has 4 rings (SSSR count). The highest BCUT2D eigenvalue weighted by Crippen LogP contribution is 2.32. The third-order valence-corrected chi connectivity index (χ3v) is 8.63. The molecule has 0 N–H and O–H groups in total. The highest BCUT2D eigenvalue weighted by atomic mass is 32.2. The van der Waals surface area contributed by atoms with Crippen LogP contribution in [0.2, 0.25) is 0 Å². The number of hydrogen-bond donors (Lipinski definition) is 0. The minimum atomic E-state index is -3.05. The van der Waals surface area contributed by atoms with Crippen molar-refractivity contribution in [2.75, 3.05) is 18.6 Å². The molecular weight excluding hydrogens is 442 g/mol. The lowest BCUT2D eigenvalue weighted by Gasteiger charge is -2.26. The fourth-order valence-corrected chi connectivity index (χ4v) is 6.71. The van der Waals surface area contributed by atoms with Crippen molar-refractivity contribution in [1.29, 1.82) is 0 Å². The molecule has 2 heterocycles. The van der Waals surface area contributed by atoms with Crippen LogP contribution in [0.15, 0.2) is 66.0 Å². The van der Waals surface area contributed by atoms with Gasteiger partial charge in [-0.15, -0.1) is 0 Å². The van der Waals surface area contributed by atoms with E-state index >= 15 is 0 Å². The van der Waals surface area contributed by atoms with Gasteiger partial charge < -0.3 is 4.90 Å². The van der Waals surface area contributed by atoms with Gasteiger partial charge in [0.25, 0.3) is 0 Å². The Kier molecular flexibility index (Phi) is 6.44. The molecule has 0 saturated carbocycles. The van der Waals surface area contributed by atoms with Crippen molar-refractivity contribution < 1.29 is 13.2 Å². The molecule has 0 spiro atoms. The fourth-order valence-electron chi connectivity index (χ4n) is 3.93. The number of nitrogens with zero attached hydrogens (tertiary/aromatic N) is 3. The monoisotopic (exact) mass is 469 g/mol. The van der Waals surface area contributed by atoms with E-state index in [1.165, 1.54) is 17.3 Å². The zero-order valence-electron chi connectivity index (χ0n) is 18.4. The maximum atomic E-state index is 13.1. The lowest BCUT2D eigenvalue weighted by molar-refractivity contribution is -0.130. The zero-order valence-corrected chi connectivity index (χ0v) is 20.1. The van der Waals surface area contributed by atoms with E-state index in [1.54, 1.807) is 11.9 Å². The fraction of sp³-hybridized carbons (Fsp3) is 0.333. The molecule has 168 valence electrons. The largest absolute Gasteiger partial charge is 0.341 e. The van der Waals surface area contributed by atoms with Crippen LogP contribution in [-0.2, 0) is 14.6 Å². The van der Waals surface area contributed by atoms with Crippen molar-refractivity contribution in [1.82, 2.24) is 14.5 Å². The lowest BCUT2D eigenvalue weighted by atomic mass is 10.1. The number of rotatable bonds is 6. The van der Waals surface area contributed by atoms with Crippen molar-refractivity contribution in [3.8, 4) is 16.9 Å². The second-order valence-electron chi connectivity index (χ2n) is 8.23. The van der Waals surface area contributed by atoms with Crippen LogP contribution >= 0.6 is 11.8 Å². The number of carbonyl (C=O) groups excluding carboxylic acids is 1. The van der Waals surface area contributed by atoms with Crippen molar-refractivity contribution >= 4 is 27.5 Å². The van der Waals surface area contributed by atoms with Crippen LogP contribution in [0.3, 0.4) is 0 Å². The van der Waals surface area contributed by atoms with Gasteiger partial charge >= 0.3 is 0 Å². The van der Waals surface area contributed by atoms with Crippen LogP contribution in [0.1, 0.15) is 18.9 Å². The molecule has 1 aliphatic heterocycles. The summed E-state index contributed by atoms with van der Waals surface area (Å²) >= 11 is 1.39. The van der Waals surface area contributed by atoms with Crippen LogP contribution in [0, 0.1) is 6.92 Å². The third-order valence-electron chi connectivity index (χ3n) is 5.82. The Morgan fingerprint density at radius 1 is 1.16 bits per heavy atom. The number of thioether (sulfide) groups is 1. The molecule has 1 aromatic heterocycles. The van der Waals surface area contributed by atoms with Gasteiger partial charge in [0.05, 0.1) is 28.6 Å². The summed E-state index contributed by atoms with van der Waals surface area (Å²) < 4.78 is 25.7. The molecule has 1 amide bonds. The van der Waals surface area contributed by atoms with Crippen LogP contribution in [-0.4, -0.2) is 58.6 Å². The summed E-state index contributed by atoms with van der Waals surface area (Å²) in [4.78, 5) is 19.3. The number of amides is 1. The van der Waals surface area contributed by atoms with Gasteiger partial charge in [-0.2, -0.15) is 0 Å². The van der Waals surface area contributed by atoms with E-state index in [4.69, 9.17) is 0 Å². The number of imidazole rings is 1. The maximum absolute atomic E-state index is 13.1. The SMILES string of the molecule is Cc1ccc(-n2c(-c3ccccc3)cnc2SC(C)C(=O)N(C)C2CCS(=O)(=O)C2)cc1. The predicted molar refractivity (Wildman–Crippen MR) is 129 cm³/mol. The standard InChI is InChI=1S/C24H27N3O3S2/c1-17-9-11-20(12-10-17)27-22(19-7-5-4-6-8-19)15-25-24(27)31-18(2)23(28)26(3)21-13-14-32(29,30)16-21/h4-12,15,18,21H,13-14,16H2,1-3H3. The molecule has 8 heteroatoms. The summed E-state index contributed by atoms with van der Waals surface area (Å²) in [6.07, 6.45) is 2.33. The van der Waals surface area contributed by atoms with E-state index in [9.17, 15) is 13.2 Å². The van der Waals surface area contributed by atoms with Gasteiger partial charge in [-0.3, -0.25) is 9.36 Å². The molecule has 0 aliphatic carbocycles. The first kappa shape index (κ1) is 22.6. The van der Waals surface area contributed by atoms with E-state index in [1.807, 2.05) is 50.4 Å². The minimum absolute atomic E-state index is 0.0444. The van der Waals surface area contributed by atoms with E-state index < -0.39 is 15.1 Å². The van der Waals surface area contributed by atoms with Crippen molar-refractivity contribution in [2.45, 2.75) is 36.7 Å². The van der Waals surface area contributed by atoms with Crippen LogP contribution < -0.4 is 0 Å². The molecule has 2 unspecified atom stereocenters. The summed E-state index contributed by atoms with van der Waals surface area (Å²) in [6, 6.07) is 18.0.